The fraction of sp³-hybridized carbons (Fsp3) is 0.350. The quantitative estimate of drug-likeness (QED) is 0.508. The number of phenolic OH excluding ortho intramolecular Hbond substituents is 1. The summed E-state index contributed by atoms with van der Waals surface area (Å²) in [7, 11) is 0. The van der Waals surface area contributed by atoms with Gasteiger partial charge in [-0.05, 0) is 18.1 Å². The molecule has 0 unspecified atom stereocenters. The van der Waals surface area contributed by atoms with Crippen LogP contribution in [-0.2, 0) is 0 Å². The summed E-state index contributed by atoms with van der Waals surface area (Å²) in [5, 5.41) is 10.4. The first-order chi connectivity index (χ1) is 10.7. The SMILES string of the molecule is CCCCCCCC(=O)c1cccc(-c2ccccc2)c1O. The predicted octanol–water partition coefficient (Wildman–Crippen LogP) is 5.60. The van der Waals surface area contributed by atoms with Gasteiger partial charge in [-0.3, -0.25) is 4.79 Å². The van der Waals surface area contributed by atoms with Gasteiger partial charge in [0.2, 0.25) is 0 Å². The lowest BCUT2D eigenvalue weighted by molar-refractivity contribution is 0.0976. The van der Waals surface area contributed by atoms with Gasteiger partial charge >= 0.3 is 0 Å². The van der Waals surface area contributed by atoms with Crippen molar-refractivity contribution in [2.45, 2.75) is 45.4 Å². The van der Waals surface area contributed by atoms with E-state index < -0.39 is 0 Å². The molecule has 0 aliphatic rings. The minimum absolute atomic E-state index is 0.0341. The number of benzene rings is 2. The standard InChI is InChI=1S/C20H24O2/c1-2-3-4-5-9-15-19(21)18-14-10-13-17(20(18)22)16-11-7-6-8-12-16/h6-8,10-14,22H,2-5,9,15H2,1H3. The average molecular weight is 296 g/mol. The summed E-state index contributed by atoms with van der Waals surface area (Å²) >= 11 is 0. The lowest BCUT2D eigenvalue weighted by Crippen LogP contribution is -2.00. The van der Waals surface area contributed by atoms with Crippen molar-refractivity contribution in [3.8, 4) is 16.9 Å². The second-order valence-electron chi connectivity index (χ2n) is 5.66. The Kier molecular flexibility index (Phi) is 6.20. The maximum Gasteiger partial charge on any atom is 0.166 e. The number of aromatic hydroxyl groups is 1. The van der Waals surface area contributed by atoms with E-state index in [4.69, 9.17) is 0 Å². The Balaban J connectivity index is 2.07. The van der Waals surface area contributed by atoms with Gasteiger partial charge in [-0.1, -0.05) is 75.1 Å². The van der Waals surface area contributed by atoms with Crippen LogP contribution in [0.3, 0.4) is 0 Å². The van der Waals surface area contributed by atoms with Gasteiger partial charge in [-0.15, -0.1) is 0 Å². The van der Waals surface area contributed by atoms with Crippen molar-refractivity contribution in [2.24, 2.45) is 0 Å². The molecule has 0 spiro atoms. The van der Waals surface area contributed by atoms with Crippen LogP contribution in [0.5, 0.6) is 5.75 Å². The van der Waals surface area contributed by atoms with Crippen LogP contribution in [0.2, 0.25) is 0 Å². The Morgan fingerprint density at radius 3 is 2.36 bits per heavy atom. The van der Waals surface area contributed by atoms with Crippen molar-refractivity contribution in [1.29, 1.82) is 0 Å². The van der Waals surface area contributed by atoms with Crippen LogP contribution in [0.4, 0.5) is 0 Å². The van der Waals surface area contributed by atoms with Gasteiger partial charge in [0.05, 0.1) is 5.56 Å². The lowest BCUT2D eigenvalue weighted by atomic mass is 9.97. The zero-order chi connectivity index (χ0) is 15.8. The number of para-hydroxylation sites is 1. The Hall–Kier alpha value is -2.09. The molecule has 22 heavy (non-hydrogen) atoms. The zero-order valence-electron chi connectivity index (χ0n) is 13.2. The molecule has 0 heterocycles. The molecule has 2 rings (SSSR count). The highest BCUT2D eigenvalue weighted by molar-refractivity contribution is 6.00. The summed E-state index contributed by atoms with van der Waals surface area (Å²) in [6, 6.07) is 15.1. The molecule has 2 heteroatoms. The van der Waals surface area contributed by atoms with Crippen LogP contribution in [0.1, 0.15) is 55.8 Å². The van der Waals surface area contributed by atoms with Crippen molar-refractivity contribution in [3.63, 3.8) is 0 Å². The lowest BCUT2D eigenvalue weighted by Gasteiger charge is -2.09. The molecule has 0 aromatic heterocycles. The van der Waals surface area contributed by atoms with E-state index in [9.17, 15) is 9.90 Å². The van der Waals surface area contributed by atoms with Gasteiger partial charge in [0.25, 0.3) is 0 Å². The Labute approximate surface area is 132 Å². The number of hydrogen-bond donors (Lipinski definition) is 1. The van der Waals surface area contributed by atoms with E-state index in [1.54, 1.807) is 6.07 Å². The summed E-state index contributed by atoms with van der Waals surface area (Å²) in [6.45, 7) is 2.18. The minimum Gasteiger partial charge on any atom is -0.507 e. The molecule has 0 aliphatic carbocycles. The number of Topliss-reactive ketones (excluding diaryl/α,β-unsaturated/α-hetero) is 1. The largest absolute Gasteiger partial charge is 0.507 e. The molecular formula is C20H24O2. The van der Waals surface area contributed by atoms with Crippen molar-refractivity contribution in [2.75, 3.05) is 0 Å². The van der Waals surface area contributed by atoms with Gasteiger partial charge in [-0.2, -0.15) is 0 Å². The summed E-state index contributed by atoms with van der Waals surface area (Å²) in [4.78, 5) is 12.3. The summed E-state index contributed by atoms with van der Waals surface area (Å²) in [6.07, 6.45) is 6.10. The van der Waals surface area contributed by atoms with Crippen LogP contribution in [0, 0.1) is 0 Å². The van der Waals surface area contributed by atoms with Crippen LogP contribution in [0.25, 0.3) is 11.1 Å². The summed E-state index contributed by atoms with van der Waals surface area (Å²) in [5.74, 6) is 0.138. The maximum absolute atomic E-state index is 12.3. The number of hydrogen-bond acceptors (Lipinski definition) is 2. The van der Waals surface area contributed by atoms with Crippen LogP contribution in [0.15, 0.2) is 48.5 Å². The number of phenols is 1. The van der Waals surface area contributed by atoms with Gasteiger partial charge in [0.15, 0.2) is 5.78 Å². The smallest absolute Gasteiger partial charge is 0.166 e. The Morgan fingerprint density at radius 2 is 1.64 bits per heavy atom. The molecule has 0 fully saturated rings. The van der Waals surface area contributed by atoms with Crippen LogP contribution >= 0.6 is 0 Å². The Morgan fingerprint density at radius 1 is 0.909 bits per heavy atom. The number of ketones is 1. The first kappa shape index (κ1) is 16.3. The van der Waals surface area contributed by atoms with Crippen molar-refractivity contribution in [1.82, 2.24) is 0 Å². The third kappa shape index (κ3) is 4.20. The fourth-order valence-electron chi connectivity index (χ4n) is 2.64. The topological polar surface area (TPSA) is 37.3 Å². The molecule has 0 bridgehead atoms. The van der Waals surface area contributed by atoms with E-state index in [1.165, 1.54) is 19.3 Å². The minimum atomic E-state index is 0.0341. The fourth-order valence-corrected chi connectivity index (χ4v) is 2.64. The number of carbonyl (C=O) groups is 1. The molecule has 0 radical (unpaired) electrons. The monoisotopic (exact) mass is 296 g/mol. The predicted molar refractivity (Wildman–Crippen MR) is 91.2 cm³/mol. The third-order valence-corrected chi connectivity index (χ3v) is 3.93. The first-order valence-corrected chi connectivity index (χ1v) is 8.14. The van der Waals surface area contributed by atoms with Gasteiger partial charge in [0.1, 0.15) is 5.75 Å². The number of carbonyl (C=O) groups excluding carboxylic acids is 1. The maximum atomic E-state index is 12.3. The van der Waals surface area contributed by atoms with Gasteiger partial charge in [-0.25, -0.2) is 0 Å². The highest BCUT2D eigenvalue weighted by atomic mass is 16.3. The van der Waals surface area contributed by atoms with E-state index in [2.05, 4.69) is 6.92 Å². The van der Waals surface area contributed by atoms with Gasteiger partial charge < -0.3 is 5.11 Å². The zero-order valence-corrected chi connectivity index (χ0v) is 13.2. The molecular weight excluding hydrogens is 272 g/mol. The van der Waals surface area contributed by atoms with E-state index in [1.807, 2.05) is 42.5 Å². The van der Waals surface area contributed by atoms with E-state index >= 15 is 0 Å². The second-order valence-corrected chi connectivity index (χ2v) is 5.66. The Bertz CT molecular complexity index is 602. The van der Waals surface area contributed by atoms with E-state index in [-0.39, 0.29) is 11.5 Å². The number of unbranched alkanes of at least 4 members (excludes halogenated alkanes) is 4. The molecule has 2 aromatic rings. The molecule has 0 aliphatic heterocycles. The average Bonchev–Trinajstić information content (AvgIpc) is 2.55. The van der Waals surface area contributed by atoms with Gasteiger partial charge in [0, 0.05) is 12.0 Å². The first-order valence-electron chi connectivity index (χ1n) is 8.14. The second kappa shape index (κ2) is 8.38. The summed E-state index contributed by atoms with van der Waals surface area (Å²) in [5.41, 5.74) is 2.09. The van der Waals surface area contributed by atoms with E-state index in [0.29, 0.717) is 12.0 Å². The molecule has 1 N–H and O–H groups in total. The third-order valence-electron chi connectivity index (χ3n) is 3.93. The van der Waals surface area contributed by atoms with Crippen molar-refractivity contribution < 1.29 is 9.90 Å². The highest BCUT2D eigenvalue weighted by Crippen LogP contribution is 2.32. The molecule has 0 saturated heterocycles. The molecule has 0 atom stereocenters. The molecule has 0 amide bonds. The van der Waals surface area contributed by atoms with E-state index in [0.717, 1.165) is 24.0 Å². The molecule has 2 nitrogen and oxygen atoms in total. The summed E-state index contributed by atoms with van der Waals surface area (Å²) < 4.78 is 0. The molecule has 2 aromatic carbocycles. The molecule has 0 saturated carbocycles. The van der Waals surface area contributed by atoms with Crippen LogP contribution in [-0.4, -0.2) is 10.9 Å². The van der Waals surface area contributed by atoms with Crippen molar-refractivity contribution in [3.05, 3.63) is 54.1 Å². The highest BCUT2D eigenvalue weighted by Gasteiger charge is 2.14. The molecule has 116 valence electrons. The normalized spacial score (nSPS) is 10.6. The van der Waals surface area contributed by atoms with Crippen LogP contribution < -0.4 is 0 Å². The number of rotatable bonds is 8. The van der Waals surface area contributed by atoms with Crippen molar-refractivity contribution >= 4 is 5.78 Å².